The van der Waals surface area contributed by atoms with Crippen LogP contribution in [0.15, 0.2) is 28.8 Å². The van der Waals surface area contributed by atoms with E-state index in [1.807, 2.05) is 0 Å². The van der Waals surface area contributed by atoms with Crippen molar-refractivity contribution in [1.82, 2.24) is 10.5 Å². The van der Waals surface area contributed by atoms with Gasteiger partial charge in [0.25, 0.3) is 0 Å². The maximum absolute atomic E-state index is 13.2. The number of hydrogen-bond donors (Lipinski definition) is 1. The van der Waals surface area contributed by atoms with E-state index in [0.29, 0.717) is 24.1 Å². The Morgan fingerprint density at radius 3 is 2.50 bits per heavy atom. The molecular formula is C13H12F4N2O. The zero-order valence-electron chi connectivity index (χ0n) is 10.6. The van der Waals surface area contributed by atoms with E-state index in [-0.39, 0.29) is 12.1 Å². The van der Waals surface area contributed by atoms with Crippen LogP contribution in [0.1, 0.15) is 22.6 Å². The minimum atomic E-state index is -4.56. The quantitative estimate of drug-likeness (QED) is 0.876. The van der Waals surface area contributed by atoms with Gasteiger partial charge in [-0.05, 0) is 30.7 Å². The van der Waals surface area contributed by atoms with Crippen molar-refractivity contribution in [1.29, 1.82) is 0 Å². The predicted molar refractivity (Wildman–Crippen MR) is 63.2 cm³/mol. The average molecular weight is 288 g/mol. The van der Waals surface area contributed by atoms with Gasteiger partial charge in [-0.15, -0.1) is 0 Å². The fourth-order valence-corrected chi connectivity index (χ4v) is 1.75. The highest BCUT2D eigenvalue weighted by atomic mass is 19.4. The van der Waals surface area contributed by atoms with E-state index in [4.69, 9.17) is 4.52 Å². The first-order valence-corrected chi connectivity index (χ1v) is 5.84. The summed E-state index contributed by atoms with van der Waals surface area (Å²) in [6.07, 6.45) is -4.56. The highest BCUT2D eigenvalue weighted by Crippen LogP contribution is 2.30. The Morgan fingerprint density at radius 2 is 1.90 bits per heavy atom. The second-order valence-corrected chi connectivity index (χ2v) is 4.38. The largest absolute Gasteiger partial charge is 0.416 e. The highest BCUT2D eigenvalue weighted by Gasteiger charge is 2.31. The third-order valence-electron chi connectivity index (χ3n) is 2.60. The number of halogens is 4. The van der Waals surface area contributed by atoms with Crippen LogP contribution in [-0.4, -0.2) is 5.16 Å². The van der Waals surface area contributed by atoms with Gasteiger partial charge >= 0.3 is 6.18 Å². The normalized spacial score (nSPS) is 11.8. The molecule has 7 heteroatoms. The van der Waals surface area contributed by atoms with Crippen LogP contribution in [0.2, 0.25) is 0 Å². The summed E-state index contributed by atoms with van der Waals surface area (Å²) < 4.78 is 55.6. The van der Waals surface area contributed by atoms with Crippen molar-refractivity contribution in [3.63, 3.8) is 0 Å². The Labute approximate surface area is 112 Å². The maximum atomic E-state index is 13.2. The first kappa shape index (κ1) is 14.5. The van der Waals surface area contributed by atoms with Gasteiger partial charge in [-0.25, -0.2) is 4.39 Å². The van der Waals surface area contributed by atoms with Crippen LogP contribution < -0.4 is 5.32 Å². The average Bonchev–Trinajstić information content (AvgIpc) is 2.73. The topological polar surface area (TPSA) is 38.1 Å². The molecule has 2 rings (SSSR count). The van der Waals surface area contributed by atoms with Crippen molar-refractivity contribution in [3.8, 4) is 0 Å². The van der Waals surface area contributed by atoms with Gasteiger partial charge in [0.1, 0.15) is 11.6 Å². The molecule has 1 aromatic heterocycles. The van der Waals surface area contributed by atoms with Gasteiger partial charge in [-0.2, -0.15) is 13.2 Å². The molecule has 2 aromatic rings. The molecule has 0 fully saturated rings. The fourth-order valence-electron chi connectivity index (χ4n) is 1.75. The minimum absolute atomic E-state index is 0.104. The van der Waals surface area contributed by atoms with Crippen molar-refractivity contribution in [3.05, 3.63) is 52.7 Å². The number of nitrogens with one attached hydrogen (secondary N) is 1. The Morgan fingerprint density at radius 1 is 1.15 bits per heavy atom. The standard InChI is InChI=1S/C13H12F4N2O/c1-8-2-12(19-20-8)7-18-6-9-3-10(13(15,16)17)5-11(14)4-9/h2-5,18H,6-7H2,1H3. The molecule has 0 aliphatic carbocycles. The Balaban J connectivity index is 2.00. The molecule has 0 amide bonds. The summed E-state index contributed by atoms with van der Waals surface area (Å²) in [7, 11) is 0. The number of alkyl halides is 3. The molecule has 1 aromatic carbocycles. The molecule has 0 aliphatic rings. The Kier molecular flexibility index (Phi) is 4.08. The number of hydrogen-bond acceptors (Lipinski definition) is 3. The molecule has 1 N–H and O–H groups in total. The van der Waals surface area contributed by atoms with E-state index in [9.17, 15) is 17.6 Å². The number of rotatable bonds is 4. The minimum Gasteiger partial charge on any atom is -0.361 e. The molecule has 108 valence electrons. The summed E-state index contributed by atoms with van der Waals surface area (Å²) in [6, 6.07) is 4.17. The van der Waals surface area contributed by atoms with E-state index in [1.165, 1.54) is 0 Å². The molecule has 0 bridgehead atoms. The summed E-state index contributed by atoms with van der Waals surface area (Å²) in [4.78, 5) is 0. The molecule has 0 radical (unpaired) electrons. The summed E-state index contributed by atoms with van der Waals surface area (Å²) >= 11 is 0. The summed E-state index contributed by atoms with van der Waals surface area (Å²) in [5.41, 5.74) is -0.140. The highest BCUT2D eigenvalue weighted by molar-refractivity contribution is 5.26. The second-order valence-electron chi connectivity index (χ2n) is 4.38. The number of nitrogens with zero attached hydrogens (tertiary/aromatic N) is 1. The lowest BCUT2D eigenvalue weighted by molar-refractivity contribution is -0.137. The lowest BCUT2D eigenvalue weighted by Crippen LogP contribution is -2.14. The van der Waals surface area contributed by atoms with Crippen molar-refractivity contribution < 1.29 is 22.1 Å². The van der Waals surface area contributed by atoms with Crippen LogP contribution in [0, 0.1) is 12.7 Å². The lowest BCUT2D eigenvalue weighted by Gasteiger charge is -2.09. The molecule has 0 unspecified atom stereocenters. The maximum Gasteiger partial charge on any atom is 0.416 e. The van der Waals surface area contributed by atoms with Crippen molar-refractivity contribution in [2.75, 3.05) is 0 Å². The van der Waals surface area contributed by atoms with E-state index < -0.39 is 17.6 Å². The molecule has 20 heavy (non-hydrogen) atoms. The van der Waals surface area contributed by atoms with Crippen LogP contribution in [0.3, 0.4) is 0 Å². The summed E-state index contributed by atoms with van der Waals surface area (Å²) in [5.74, 6) is -0.263. The monoisotopic (exact) mass is 288 g/mol. The van der Waals surface area contributed by atoms with Crippen LogP contribution in [-0.2, 0) is 19.3 Å². The van der Waals surface area contributed by atoms with Gasteiger partial charge in [0, 0.05) is 19.2 Å². The van der Waals surface area contributed by atoms with Gasteiger partial charge in [-0.3, -0.25) is 0 Å². The first-order valence-electron chi connectivity index (χ1n) is 5.84. The Bertz CT molecular complexity index is 592. The van der Waals surface area contributed by atoms with Gasteiger partial charge < -0.3 is 9.84 Å². The number of benzene rings is 1. The van der Waals surface area contributed by atoms with Gasteiger partial charge in [0.2, 0.25) is 0 Å². The molecule has 0 aliphatic heterocycles. The molecule has 0 saturated carbocycles. The number of aryl methyl sites for hydroxylation is 1. The molecule has 0 spiro atoms. The molecule has 3 nitrogen and oxygen atoms in total. The first-order chi connectivity index (χ1) is 9.34. The van der Waals surface area contributed by atoms with E-state index >= 15 is 0 Å². The predicted octanol–water partition coefficient (Wildman–Crippen LogP) is 3.43. The van der Waals surface area contributed by atoms with Gasteiger partial charge in [-0.1, -0.05) is 5.16 Å². The third kappa shape index (κ3) is 3.80. The van der Waals surface area contributed by atoms with Crippen LogP contribution >= 0.6 is 0 Å². The second kappa shape index (κ2) is 5.62. The van der Waals surface area contributed by atoms with Crippen molar-refractivity contribution in [2.45, 2.75) is 26.2 Å². The van der Waals surface area contributed by atoms with Crippen molar-refractivity contribution >= 4 is 0 Å². The zero-order chi connectivity index (χ0) is 14.8. The van der Waals surface area contributed by atoms with Gasteiger partial charge in [0.05, 0.1) is 11.3 Å². The van der Waals surface area contributed by atoms with E-state index in [1.54, 1.807) is 13.0 Å². The summed E-state index contributed by atoms with van der Waals surface area (Å²) in [6.45, 7) is 2.17. The van der Waals surface area contributed by atoms with Gasteiger partial charge in [0.15, 0.2) is 0 Å². The molecule has 0 atom stereocenters. The zero-order valence-corrected chi connectivity index (χ0v) is 10.6. The smallest absolute Gasteiger partial charge is 0.361 e. The van der Waals surface area contributed by atoms with Crippen LogP contribution in [0.5, 0.6) is 0 Å². The SMILES string of the molecule is Cc1cc(CNCc2cc(F)cc(C(F)(F)F)c2)no1. The molecule has 1 heterocycles. The summed E-state index contributed by atoms with van der Waals surface area (Å²) in [5, 5.41) is 6.61. The Hall–Kier alpha value is -1.89. The molecule has 0 saturated heterocycles. The van der Waals surface area contributed by atoms with Crippen LogP contribution in [0.25, 0.3) is 0 Å². The fraction of sp³-hybridized carbons (Fsp3) is 0.308. The lowest BCUT2D eigenvalue weighted by atomic mass is 10.1. The van der Waals surface area contributed by atoms with E-state index in [2.05, 4.69) is 10.5 Å². The third-order valence-corrected chi connectivity index (χ3v) is 2.60. The number of aromatic nitrogens is 1. The van der Waals surface area contributed by atoms with Crippen LogP contribution in [0.4, 0.5) is 17.6 Å². The van der Waals surface area contributed by atoms with E-state index in [0.717, 1.165) is 12.1 Å². The van der Waals surface area contributed by atoms with Crippen molar-refractivity contribution in [2.24, 2.45) is 0 Å². The molecular weight excluding hydrogens is 276 g/mol.